The number of ether oxygens (including phenoxy) is 1. The molecule has 0 saturated carbocycles. The van der Waals surface area contributed by atoms with E-state index >= 15 is 0 Å². The van der Waals surface area contributed by atoms with E-state index in [1.165, 1.54) is 35.1 Å². The number of nitrogens with two attached hydrogens (primary N) is 1. The van der Waals surface area contributed by atoms with Crippen LogP contribution in [0, 0.1) is 26.2 Å². The third kappa shape index (κ3) is 2.11. The number of rotatable bonds is 3. The fourth-order valence-electron chi connectivity index (χ4n) is 4.20. The first-order valence-corrected chi connectivity index (χ1v) is 7.46. The molecule has 2 N–H and O–H groups in total. The van der Waals surface area contributed by atoms with Gasteiger partial charge < -0.3 is 10.5 Å². The Hall–Kier alpha value is -0.860. The first kappa shape index (κ1) is 13.1. The van der Waals surface area contributed by atoms with Crippen LogP contribution in [0.1, 0.15) is 41.5 Å². The van der Waals surface area contributed by atoms with Gasteiger partial charge in [0.05, 0.1) is 12.2 Å². The molecule has 3 rings (SSSR count). The van der Waals surface area contributed by atoms with Crippen LogP contribution in [0.2, 0.25) is 0 Å². The van der Waals surface area contributed by atoms with Gasteiger partial charge in [-0.05, 0) is 63.1 Å². The van der Waals surface area contributed by atoms with Gasteiger partial charge >= 0.3 is 0 Å². The van der Waals surface area contributed by atoms with Crippen LogP contribution in [0.5, 0.6) is 0 Å². The smallest absolute Gasteiger partial charge is 0.0652 e. The molecule has 0 radical (unpaired) electrons. The molecule has 104 valence electrons. The van der Waals surface area contributed by atoms with Crippen molar-refractivity contribution in [1.82, 2.24) is 0 Å². The molecule has 19 heavy (non-hydrogen) atoms. The summed E-state index contributed by atoms with van der Waals surface area (Å²) >= 11 is 0. The molecule has 1 aromatic rings. The minimum absolute atomic E-state index is 0.188. The van der Waals surface area contributed by atoms with Crippen molar-refractivity contribution >= 4 is 0 Å². The molecule has 3 unspecified atom stereocenters. The predicted molar refractivity (Wildman–Crippen MR) is 78.4 cm³/mol. The molecule has 2 aliphatic heterocycles. The average Bonchev–Trinajstić information content (AvgIpc) is 2.94. The van der Waals surface area contributed by atoms with Crippen LogP contribution in [0.3, 0.4) is 0 Å². The molecular weight excluding hydrogens is 234 g/mol. The minimum Gasteiger partial charge on any atom is -0.374 e. The molecule has 2 heterocycles. The summed E-state index contributed by atoms with van der Waals surface area (Å²) in [7, 11) is 0. The van der Waals surface area contributed by atoms with Crippen molar-refractivity contribution in [3.63, 3.8) is 0 Å². The maximum Gasteiger partial charge on any atom is 0.0652 e. The molecule has 2 saturated heterocycles. The third-order valence-corrected chi connectivity index (χ3v) is 5.20. The number of aryl methyl sites for hydroxylation is 3. The summed E-state index contributed by atoms with van der Waals surface area (Å²) in [6, 6.07) is 4.58. The molecule has 2 fully saturated rings. The number of hydrogen-bond donors (Lipinski definition) is 1. The maximum atomic E-state index is 6.15. The Morgan fingerprint density at radius 3 is 2.37 bits per heavy atom. The van der Waals surface area contributed by atoms with Gasteiger partial charge in [0.1, 0.15) is 0 Å². The van der Waals surface area contributed by atoms with Crippen LogP contribution in [-0.2, 0) is 11.2 Å². The average molecular weight is 259 g/mol. The Bertz CT molecular complexity index is 473. The molecular formula is C17H25NO. The predicted octanol–water partition coefficient (Wildman–Crippen LogP) is 3.05. The van der Waals surface area contributed by atoms with E-state index in [1.807, 2.05) is 0 Å². The van der Waals surface area contributed by atoms with Crippen molar-refractivity contribution in [3.05, 3.63) is 34.4 Å². The van der Waals surface area contributed by atoms with Gasteiger partial charge in [0.25, 0.3) is 0 Å². The summed E-state index contributed by atoms with van der Waals surface area (Å²) < 4.78 is 6.07. The molecule has 1 aromatic carbocycles. The lowest BCUT2D eigenvalue weighted by Gasteiger charge is -2.35. The molecule has 0 amide bonds. The van der Waals surface area contributed by atoms with Crippen molar-refractivity contribution in [2.24, 2.45) is 11.1 Å². The summed E-state index contributed by atoms with van der Waals surface area (Å²) in [5.41, 5.74) is 12.0. The molecule has 3 atom stereocenters. The van der Waals surface area contributed by atoms with Crippen LogP contribution in [0.15, 0.2) is 12.1 Å². The van der Waals surface area contributed by atoms with E-state index in [0.29, 0.717) is 12.2 Å². The topological polar surface area (TPSA) is 35.2 Å². The first-order valence-electron chi connectivity index (χ1n) is 7.46. The van der Waals surface area contributed by atoms with Gasteiger partial charge in [0.2, 0.25) is 0 Å². The van der Waals surface area contributed by atoms with E-state index in [9.17, 15) is 0 Å². The highest BCUT2D eigenvalue weighted by Crippen LogP contribution is 2.49. The van der Waals surface area contributed by atoms with E-state index in [1.54, 1.807) is 0 Å². The summed E-state index contributed by atoms with van der Waals surface area (Å²) in [4.78, 5) is 0. The fraction of sp³-hybridized carbons (Fsp3) is 0.647. The summed E-state index contributed by atoms with van der Waals surface area (Å²) in [5.74, 6) is 0. The normalized spacial score (nSPS) is 33.1. The van der Waals surface area contributed by atoms with Crippen molar-refractivity contribution in [2.75, 3.05) is 6.54 Å². The molecule has 2 aliphatic rings. The van der Waals surface area contributed by atoms with Crippen LogP contribution < -0.4 is 5.73 Å². The Morgan fingerprint density at radius 2 is 1.89 bits per heavy atom. The van der Waals surface area contributed by atoms with Gasteiger partial charge in [0.15, 0.2) is 0 Å². The van der Waals surface area contributed by atoms with Crippen molar-refractivity contribution in [3.8, 4) is 0 Å². The highest BCUT2D eigenvalue weighted by Gasteiger charge is 2.51. The second-order valence-electron chi connectivity index (χ2n) is 6.65. The number of fused-ring (bicyclic) bond motifs is 2. The molecule has 2 heteroatoms. The van der Waals surface area contributed by atoms with Gasteiger partial charge in [-0.1, -0.05) is 17.7 Å². The summed E-state index contributed by atoms with van der Waals surface area (Å²) in [5, 5.41) is 0. The van der Waals surface area contributed by atoms with E-state index in [2.05, 4.69) is 32.9 Å². The Kier molecular flexibility index (Phi) is 3.18. The lowest BCUT2D eigenvalue weighted by atomic mass is 9.69. The quantitative estimate of drug-likeness (QED) is 0.905. The van der Waals surface area contributed by atoms with Gasteiger partial charge in [-0.25, -0.2) is 0 Å². The van der Waals surface area contributed by atoms with Crippen molar-refractivity contribution in [1.29, 1.82) is 0 Å². The molecule has 0 aromatic heterocycles. The van der Waals surface area contributed by atoms with Gasteiger partial charge in [0, 0.05) is 12.0 Å². The molecule has 2 nitrogen and oxygen atoms in total. The highest BCUT2D eigenvalue weighted by molar-refractivity contribution is 5.38. The standard InChI is InChI=1S/C17H25NO/c1-11-6-12(2)15(13(3)7-11)9-17(10-18)8-14-4-5-16(17)19-14/h6-7,14,16H,4-5,8-10,18H2,1-3H3. The zero-order valence-electron chi connectivity index (χ0n) is 12.3. The first-order chi connectivity index (χ1) is 9.04. The zero-order valence-corrected chi connectivity index (χ0v) is 12.3. The SMILES string of the molecule is Cc1cc(C)c(CC2(CN)CC3CCC2O3)c(C)c1. The Labute approximate surface area is 116 Å². The van der Waals surface area contributed by atoms with Crippen LogP contribution in [0.25, 0.3) is 0 Å². The molecule has 2 bridgehead atoms. The van der Waals surface area contributed by atoms with Crippen LogP contribution in [-0.4, -0.2) is 18.8 Å². The monoisotopic (exact) mass is 259 g/mol. The Morgan fingerprint density at radius 1 is 1.21 bits per heavy atom. The molecule has 0 aliphatic carbocycles. The second kappa shape index (κ2) is 4.60. The molecule has 0 spiro atoms. The third-order valence-electron chi connectivity index (χ3n) is 5.20. The van der Waals surface area contributed by atoms with Crippen LogP contribution in [0.4, 0.5) is 0 Å². The lowest BCUT2D eigenvalue weighted by molar-refractivity contribution is 0.0635. The number of benzene rings is 1. The highest BCUT2D eigenvalue weighted by atomic mass is 16.5. The van der Waals surface area contributed by atoms with E-state index < -0.39 is 0 Å². The van der Waals surface area contributed by atoms with Crippen molar-refractivity contribution < 1.29 is 4.74 Å². The van der Waals surface area contributed by atoms with Gasteiger partial charge in [-0.2, -0.15) is 0 Å². The van der Waals surface area contributed by atoms with E-state index in [-0.39, 0.29) is 5.41 Å². The Balaban J connectivity index is 1.92. The maximum absolute atomic E-state index is 6.15. The van der Waals surface area contributed by atoms with E-state index in [0.717, 1.165) is 19.4 Å². The minimum atomic E-state index is 0.188. The van der Waals surface area contributed by atoms with Gasteiger partial charge in [-0.3, -0.25) is 0 Å². The van der Waals surface area contributed by atoms with Gasteiger partial charge in [-0.15, -0.1) is 0 Å². The van der Waals surface area contributed by atoms with E-state index in [4.69, 9.17) is 10.5 Å². The van der Waals surface area contributed by atoms with Crippen LogP contribution >= 0.6 is 0 Å². The lowest BCUT2D eigenvalue weighted by Crippen LogP contribution is -2.41. The number of hydrogen-bond acceptors (Lipinski definition) is 2. The largest absolute Gasteiger partial charge is 0.374 e. The summed E-state index contributed by atoms with van der Waals surface area (Å²) in [6.45, 7) is 7.38. The zero-order chi connectivity index (χ0) is 13.6. The van der Waals surface area contributed by atoms with Crippen molar-refractivity contribution in [2.45, 2.75) is 58.7 Å². The summed E-state index contributed by atoms with van der Waals surface area (Å²) in [6.07, 6.45) is 5.54. The fourth-order valence-corrected chi connectivity index (χ4v) is 4.20. The second-order valence-corrected chi connectivity index (χ2v) is 6.65.